The number of aromatic nitrogens is 2. The van der Waals surface area contributed by atoms with E-state index in [1.165, 1.54) is 11.5 Å². The van der Waals surface area contributed by atoms with Crippen LogP contribution in [-0.2, 0) is 11.2 Å². The number of morpholine rings is 1. The predicted octanol–water partition coefficient (Wildman–Crippen LogP) is 2.49. The van der Waals surface area contributed by atoms with Crippen molar-refractivity contribution >= 4 is 28.0 Å². The van der Waals surface area contributed by atoms with E-state index < -0.39 is 6.10 Å². The van der Waals surface area contributed by atoms with Gasteiger partial charge in [0.25, 0.3) is 0 Å². The molecule has 7 heteroatoms. The number of rotatable bonds is 5. The lowest BCUT2D eigenvalue weighted by atomic mass is 10.1. The lowest BCUT2D eigenvalue weighted by molar-refractivity contribution is 0.0688. The first-order valence-corrected chi connectivity index (χ1v) is 8.81. The molecule has 0 aliphatic carbocycles. The Bertz CT molecular complexity index is 558. The maximum atomic E-state index is 10.4. The molecular formula is C14H19N3O2S2. The molecule has 0 spiro atoms. The van der Waals surface area contributed by atoms with Gasteiger partial charge in [0.2, 0.25) is 5.13 Å². The van der Waals surface area contributed by atoms with Crippen molar-refractivity contribution in [3.8, 4) is 0 Å². The first-order chi connectivity index (χ1) is 10.3. The van der Waals surface area contributed by atoms with Crippen molar-refractivity contribution in [3.05, 3.63) is 28.2 Å². The summed E-state index contributed by atoms with van der Waals surface area (Å²) in [6.07, 6.45) is 1.06. The number of aliphatic hydroxyl groups is 1. The topological polar surface area (TPSA) is 58.5 Å². The quantitative estimate of drug-likeness (QED) is 0.915. The number of ether oxygens (including phenoxy) is 1. The molecule has 1 fully saturated rings. The molecule has 2 unspecified atom stereocenters. The molecule has 1 aliphatic heterocycles. The number of hydrogen-bond donors (Lipinski definition) is 1. The van der Waals surface area contributed by atoms with Crippen molar-refractivity contribution < 1.29 is 9.84 Å². The van der Waals surface area contributed by atoms with Gasteiger partial charge in [-0.15, -0.1) is 11.3 Å². The number of thiophene rings is 1. The number of aliphatic hydroxyl groups excluding tert-OH is 1. The van der Waals surface area contributed by atoms with Gasteiger partial charge < -0.3 is 14.7 Å². The molecule has 114 valence electrons. The normalized spacial score (nSPS) is 20.7. The Labute approximate surface area is 132 Å². The molecular weight excluding hydrogens is 306 g/mol. The fraction of sp³-hybridized carbons (Fsp3) is 0.571. The largest absolute Gasteiger partial charge is 0.387 e. The zero-order valence-electron chi connectivity index (χ0n) is 11.9. The summed E-state index contributed by atoms with van der Waals surface area (Å²) in [6, 6.07) is 4.09. The molecule has 2 aromatic heterocycles. The average Bonchev–Trinajstić information content (AvgIpc) is 3.19. The fourth-order valence-corrected chi connectivity index (χ4v) is 4.03. The van der Waals surface area contributed by atoms with Crippen LogP contribution in [0.25, 0.3) is 0 Å². The van der Waals surface area contributed by atoms with E-state index in [0.717, 1.165) is 28.8 Å². The molecule has 0 bridgehead atoms. The zero-order valence-corrected chi connectivity index (χ0v) is 13.6. The van der Waals surface area contributed by atoms with Crippen molar-refractivity contribution in [2.45, 2.75) is 31.9 Å². The summed E-state index contributed by atoms with van der Waals surface area (Å²) < 4.78 is 9.95. The predicted molar refractivity (Wildman–Crippen MR) is 85.1 cm³/mol. The molecule has 1 aliphatic rings. The molecule has 1 saturated heterocycles. The second kappa shape index (κ2) is 6.83. The van der Waals surface area contributed by atoms with Gasteiger partial charge in [0.15, 0.2) is 0 Å². The summed E-state index contributed by atoms with van der Waals surface area (Å²) >= 11 is 3.03. The summed E-state index contributed by atoms with van der Waals surface area (Å²) in [4.78, 5) is 7.81. The SMILES string of the molecule is CCc1nsc(N2CCOCC2CC(O)c2cccs2)n1. The maximum absolute atomic E-state index is 10.4. The highest BCUT2D eigenvalue weighted by Crippen LogP contribution is 2.29. The fourth-order valence-electron chi connectivity index (χ4n) is 2.46. The van der Waals surface area contributed by atoms with Crippen molar-refractivity contribution in [2.75, 3.05) is 24.7 Å². The van der Waals surface area contributed by atoms with Gasteiger partial charge in [-0.2, -0.15) is 4.37 Å². The molecule has 21 heavy (non-hydrogen) atoms. The third kappa shape index (κ3) is 3.42. The van der Waals surface area contributed by atoms with Gasteiger partial charge in [-0.1, -0.05) is 13.0 Å². The maximum Gasteiger partial charge on any atom is 0.205 e. The van der Waals surface area contributed by atoms with E-state index in [1.54, 1.807) is 11.3 Å². The van der Waals surface area contributed by atoms with E-state index in [-0.39, 0.29) is 6.04 Å². The van der Waals surface area contributed by atoms with E-state index in [1.807, 2.05) is 17.5 Å². The first-order valence-electron chi connectivity index (χ1n) is 7.16. The van der Waals surface area contributed by atoms with Crippen LogP contribution >= 0.6 is 22.9 Å². The van der Waals surface area contributed by atoms with Crippen molar-refractivity contribution in [2.24, 2.45) is 0 Å². The van der Waals surface area contributed by atoms with E-state index >= 15 is 0 Å². The number of nitrogens with zero attached hydrogens (tertiary/aromatic N) is 3. The third-order valence-corrected chi connectivity index (χ3v) is 5.38. The molecule has 0 radical (unpaired) electrons. The van der Waals surface area contributed by atoms with Crippen LogP contribution in [0.1, 0.15) is 30.2 Å². The Kier molecular flexibility index (Phi) is 4.84. The Morgan fingerprint density at radius 2 is 2.48 bits per heavy atom. The third-order valence-electron chi connectivity index (χ3n) is 3.61. The average molecular weight is 325 g/mol. The first kappa shape index (κ1) is 14.9. The molecule has 0 saturated carbocycles. The molecule has 1 N–H and O–H groups in total. The molecule has 0 amide bonds. The van der Waals surface area contributed by atoms with Crippen LogP contribution in [0.15, 0.2) is 17.5 Å². The van der Waals surface area contributed by atoms with Crippen LogP contribution in [0.3, 0.4) is 0 Å². The number of anilines is 1. The minimum Gasteiger partial charge on any atom is -0.387 e. The minimum atomic E-state index is -0.447. The van der Waals surface area contributed by atoms with E-state index in [9.17, 15) is 5.11 Å². The molecule has 2 atom stereocenters. The smallest absolute Gasteiger partial charge is 0.205 e. The summed E-state index contributed by atoms with van der Waals surface area (Å²) in [5, 5.41) is 13.3. The van der Waals surface area contributed by atoms with Gasteiger partial charge in [0.05, 0.1) is 25.4 Å². The van der Waals surface area contributed by atoms with Gasteiger partial charge in [0.1, 0.15) is 5.82 Å². The summed E-state index contributed by atoms with van der Waals surface area (Å²) in [7, 11) is 0. The van der Waals surface area contributed by atoms with Crippen LogP contribution < -0.4 is 4.90 Å². The van der Waals surface area contributed by atoms with Crippen molar-refractivity contribution in [3.63, 3.8) is 0 Å². The Morgan fingerprint density at radius 1 is 1.57 bits per heavy atom. The van der Waals surface area contributed by atoms with Crippen LogP contribution in [0.2, 0.25) is 0 Å². The monoisotopic (exact) mass is 325 g/mol. The van der Waals surface area contributed by atoms with Gasteiger partial charge >= 0.3 is 0 Å². The van der Waals surface area contributed by atoms with Crippen LogP contribution in [0.5, 0.6) is 0 Å². The number of hydrogen-bond acceptors (Lipinski definition) is 7. The molecule has 2 aromatic rings. The standard InChI is InChI=1S/C14H19N3O2S2/c1-2-13-15-14(21-16-13)17-5-6-19-9-10(17)8-11(18)12-4-3-7-20-12/h3-4,7,10-11,18H,2,5-6,8-9H2,1H3. The van der Waals surface area contributed by atoms with Gasteiger partial charge in [-0.25, -0.2) is 4.98 Å². The Balaban J connectivity index is 1.72. The zero-order chi connectivity index (χ0) is 14.7. The Morgan fingerprint density at radius 3 is 3.19 bits per heavy atom. The van der Waals surface area contributed by atoms with Gasteiger partial charge in [-0.05, 0) is 11.4 Å². The highest BCUT2D eigenvalue weighted by molar-refractivity contribution is 7.10. The molecule has 3 heterocycles. The van der Waals surface area contributed by atoms with E-state index in [0.29, 0.717) is 19.6 Å². The van der Waals surface area contributed by atoms with E-state index in [2.05, 4.69) is 21.2 Å². The molecule has 5 nitrogen and oxygen atoms in total. The van der Waals surface area contributed by atoms with E-state index in [4.69, 9.17) is 4.74 Å². The van der Waals surface area contributed by atoms with Crippen molar-refractivity contribution in [1.29, 1.82) is 0 Å². The van der Waals surface area contributed by atoms with Crippen LogP contribution in [-0.4, -0.2) is 40.3 Å². The second-order valence-electron chi connectivity index (χ2n) is 5.04. The second-order valence-corrected chi connectivity index (χ2v) is 6.75. The molecule has 3 rings (SSSR count). The van der Waals surface area contributed by atoms with Crippen LogP contribution in [0, 0.1) is 0 Å². The Hall–Kier alpha value is -1.02. The van der Waals surface area contributed by atoms with Crippen molar-refractivity contribution in [1.82, 2.24) is 9.36 Å². The van der Waals surface area contributed by atoms with Crippen LogP contribution in [0.4, 0.5) is 5.13 Å². The minimum absolute atomic E-state index is 0.147. The lowest BCUT2D eigenvalue weighted by Gasteiger charge is -2.36. The summed E-state index contributed by atoms with van der Waals surface area (Å²) in [6.45, 7) is 4.19. The van der Waals surface area contributed by atoms with Gasteiger partial charge in [0, 0.05) is 35.8 Å². The number of aryl methyl sites for hydroxylation is 1. The molecule has 0 aromatic carbocycles. The summed E-state index contributed by atoms with van der Waals surface area (Å²) in [5.41, 5.74) is 0. The highest BCUT2D eigenvalue weighted by Gasteiger charge is 2.28. The van der Waals surface area contributed by atoms with Gasteiger partial charge in [-0.3, -0.25) is 0 Å². The highest BCUT2D eigenvalue weighted by atomic mass is 32.1. The summed E-state index contributed by atoms with van der Waals surface area (Å²) in [5.74, 6) is 0.888. The lowest BCUT2D eigenvalue weighted by Crippen LogP contribution is -2.46.